The van der Waals surface area contributed by atoms with Crippen molar-refractivity contribution in [1.29, 1.82) is 0 Å². The van der Waals surface area contributed by atoms with Gasteiger partial charge in [-0.3, -0.25) is 0 Å². The molecule has 0 heterocycles. The van der Waals surface area contributed by atoms with Crippen LogP contribution in [-0.2, 0) is 0 Å². The van der Waals surface area contributed by atoms with E-state index in [9.17, 15) is 0 Å². The molecule has 0 aromatic carbocycles. The van der Waals surface area contributed by atoms with Crippen LogP contribution in [0.1, 0.15) is 20.8 Å². The molecule has 0 aliphatic carbocycles. The van der Waals surface area contributed by atoms with E-state index in [4.69, 9.17) is 0 Å². The van der Waals surface area contributed by atoms with Crippen LogP contribution in [0, 0.1) is 0 Å². The van der Waals surface area contributed by atoms with Gasteiger partial charge in [-0.25, -0.2) is 0 Å². The van der Waals surface area contributed by atoms with Gasteiger partial charge in [-0.15, -0.1) is 0 Å². The zero-order chi connectivity index (χ0) is 4.50. The Morgan fingerprint density at radius 3 is 1.20 bits per heavy atom. The summed E-state index contributed by atoms with van der Waals surface area (Å²) >= 11 is 2.12. The molecule has 5 heavy (non-hydrogen) atoms. The first kappa shape index (κ1) is 5.79. The van der Waals surface area contributed by atoms with Crippen LogP contribution in [0.15, 0.2) is 0 Å². The van der Waals surface area contributed by atoms with Crippen molar-refractivity contribution in [2.24, 2.45) is 0 Å². The summed E-state index contributed by atoms with van der Waals surface area (Å²) in [5.41, 5.74) is 0. The molecule has 0 bridgehead atoms. The van der Waals surface area contributed by atoms with Gasteiger partial charge in [0.15, 0.2) is 0 Å². The van der Waals surface area contributed by atoms with Crippen LogP contribution in [0.5, 0.6) is 0 Å². The van der Waals surface area contributed by atoms with Crippen LogP contribution in [-0.4, -0.2) is 22.3 Å². The Morgan fingerprint density at radius 1 is 1.20 bits per heavy atom. The first-order valence-electron chi connectivity index (χ1n) is 1.70. The summed E-state index contributed by atoms with van der Waals surface area (Å²) in [5.74, 6) is 0. The first-order chi connectivity index (χ1) is 2.00. The summed E-state index contributed by atoms with van der Waals surface area (Å²) in [6.45, 7) is 6.58. The second kappa shape index (κ2) is 1.49. The monoisotopic (exact) mass is 187 g/mol. The minimum atomic E-state index is 0.510. The summed E-state index contributed by atoms with van der Waals surface area (Å²) in [6.07, 6.45) is 0. The first-order valence-corrected chi connectivity index (χ1v) is 2.87. The fourth-order valence-electron chi connectivity index (χ4n) is 0. The van der Waals surface area contributed by atoms with Crippen molar-refractivity contribution in [3.05, 3.63) is 0 Å². The van der Waals surface area contributed by atoms with Gasteiger partial charge in [-0.2, -0.15) is 0 Å². The van der Waals surface area contributed by atoms with Gasteiger partial charge < -0.3 is 0 Å². The third-order valence-electron chi connectivity index (χ3n) is 0. The van der Waals surface area contributed by atoms with E-state index in [1.54, 1.807) is 0 Å². The van der Waals surface area contributed by atoms with E-state index in [2.05, 4.69) is 43.1 Å². The van der Waals surface area contributed by atoms with Crippen LogP contribution >= 0.6 is 0 Å². The average molecular weight is 185 g/mol. The van der Waals surface area contributed by atoms with Gasteiger partial charge in [0.25, 0.3) is 0 Å². The Bertz CT molecular complexity index is 19.1. The van der Waals surface area contributed by atoms with Gasteiger partial charge in [0, 0.05) is 0 Å². The second-order valence-corrected chi connectivity index (χ2v) is 5.61. The van der Waals surface area contributed by atoms with E-state index < -0.39 is 0 Å². The molecular formula is C4H9Te. The zero-order valence-electron chi connectivity index (χ0n) is 3.91. The Hall–Kier alpha value is 0.790. The Kier molecular flexibility index (Phi) is 1.73. The van der Waals surface area contributed by atoms with Crippen molar-refractivity contribution < 1.29 is 0 Å². The topological polar surface area (TPSA) is 0 Å². The quantitative estimate of drug-likeness (QED) is 0.499. The molecule has 0 nitrogen and oxygen atoms in total. The van der Waals surface area contributed by atoms with Gasteiger partial charge in [-0.05, 0) is 0 Å². The molecule has 0 rings (SSSR count). The summed E-state index contributed by atoms with van der Waals surface area (Å²) in [6, 6.07) is 0. The molecular weight excluding hydrogens is 176 g/mol. The van der Waals surface area contributed by atoms with Crippen LogP contribution < -0.4 is 0 Å². The maximum atomic E-state index is 2.19. The Balaban J connectivity index is 3.02. The van der Waals surface area contributed by atoms with E-state index in [0.29, 0.717) is 3.46 Å². The maximum absolute atomic E-state index is 2.19. The van der Waals surface area contributed by atoms with Gasteiger partial charge in [0.05, 0.1) is 0 Å². The summed E-state index contributed by atoms with van der Waals surface area (Å²) in [5, 5.41) is 0. The van der Waals surface area contributed by atoms with E-state index >= 15 is 0 Å². The summed E-state index contributed by atoms with van der Waals surface area (Å²) in [7, 11) is 0. The van der Waals surface area contributed by atoms with E-state index in [1.165, 1.54) is 0 Å². The molecule has 0 aromatic heterocycles. The standard InChI is InChI=1S/C4H9Te/c1-4(2,3)5/h1-3H3. The molecule has 0 aliphatic heterocycles. The molecule has 0 atom stereocenters. The number of hydrogen-bond acceptors (Lipinski definition) is 0. The zero-order valence-corrected chi connectivity index (χ0v) is 6.24. The third-order valence-corrected chi connectivity index (χ3v) is 0. The van der Waals surface area contributed by atoms with E-state index in [0.717, 1.165) is 0 Å². The summed E-state index contributed by atoms with van der Waals surface area (Å²) < 4.78 is 0.510. The minimum absolute atomic E-state index is 0.510. The molecule has 0 saturated carbocycles. The van der Waals surface area contributed by atoms with Crippen molar-refractivity contribution in [2.75, 3.05) is 0 Å². The molecule has 31 valence electrons. The predicted octanol–water partition coefficient (Wildman–Crippen LogP) is 1.37. The van der Waals surface area contributed by atoms with Crippen molar-refractivity contribution in [2.45, 2.75) is 24.2 Å². The van der Waals surface area contributed by atoms with Crippen LogP contribution in [0.25, 0.3) is 0 Å². The summed E-state index contributed by atoms with van der Waals surface area (Å²) in [4.78, 5) is 0. The molecule has 1 radical (unpaired) electrons. The van der Waals surface area contributed by atoms with Gasteiger partial charge in [0.1, 0.15) is 0 Å². The molecule has 0 amide bonds. The van der Waals surface area contributed by atoms with Crippen molar-refractivity contribution >= 4 is 22.3 Å². The molecule has 0 fully saturated rings. The van der Waals surface area contributed by atoms with E-state index in [-0.39, 0.29) is 0 Å². The molecule has 0 aliphatic rings. The van der Waals surface area contributed by atoms with Crippen LogP contribution in [0.2, 0.25) is 3.46 Å². The van der Waals surface area contributed by atoms with Crippen molar-refractivity contribution in [3.63, 3.8) is 0 Å². The fraction of sp³-hybridized carbons (Fsp3) is 1.00. The Morgan fingerprint density at radius 2 is 1.20 bits per heavy atom. The van der Waals surface area contributed by atoms with Gasteiger partial charge in [-0.1, -0.05) is 0 Å². The van der Waals surface area contributed by atoms with Gasteiger partial charge in [0.2, 0.25) is 0 Å². The molecule has 0 N–H and O–H groups in total. The molecule has 0 saturated heterocycles. The van der Waals surface area contributed by atoms with Crippen molar-refractivity contribution in [3.8, 4) is 0 Å². The van der Waals surface area contributed by atoms with Crippen molar-refractivity contribution in [1.82, 2.24) is 0 Å². The molecule has 0 unspecified atom stereocenters. The average Bonchev–Trinajstić information content (AvgIpc) is 0.722. The van der Waals surface area contributed by atoms with E-state index in [1.807, 2.05) is 0 Å². The SMILES string of the molecule is CC(C)(C)[Te]. The normalized spacial score (nSPS) is 12.0. The molecule has 0 spiro atoms. The fourth-order valence-corrected chi connectivity index (χ4v) is 0. The Labute approximate surface area is 46.9 Å². The van der Waals surface area contributed by atoms with Gasteiger partial charge >= 0.3 is 46.5 Å². The molecule has 1 heteroatoms. The number of rotatable bonds is 0. The predicted molar refractivity (Wildman–Crippen MR) is 25.5 cm³/mol. The third kappa shape index (κ3) is 59.8. The van der Waals surface area contributed by atoms with Crippen LogP contribution in [0.4, 0.5) is 0 Å². The second-order valence-electron chi connectivity index (χ2n) is 2.11. The number of hydrogen-bond donors (Lipinski definition) is 0. The van der Waals surface area contributed by atoms with Crippen LogP contribution in [0.3, 0.4) is 0 Å². The molecule has 0 aromatic rings.